The fourth-order valence-corrected chi connectivity index (χ4v) is 6.52. The first-order chi connectivity index (χ1) is 21.9. The molecule has 1 aromatic carbocycles. The van der Waals surface area contributed by atoms with Crippen LogP contribution in [-0.2, 0) is 9.59 Å². The van der Waals surface area contributed by atoms with Crippen LogP contribution in [0.1, 0.15) is 72.3 Å². The highest BCUT2D eigenvalue weighted by Gasteiger charge is 2.40. The van der Waals surface area contributed by atoms with Crippen molar-refractivity contribution in [1.82, 2.24) is 35.1 Å². The number of nitrogens with two attached hydrogens (primary N) is 1. The Morgan fingerprint density at radius 1 is 1.11 bits per heavy atom. The minimum absolute atomic E-state index is 0.0365. The van der Waals surface area contributed by atoms with E-state index in [0.29, 0.717) is 36.5 Å². The number of rotatable bonds is 10. The molecule has 12 heteroatoms. The standard InChI is InChI=1S/C34H48N8O4/c1-22-17-25(43)21-41(22)33(46)31(34(2,3)4)37-30(45)11-7-8-14-40-15-12-24(13-16-40)42-20-23(19-36-42)27-18-28(38-39-32(27)35)26-9-5-6-10-29(26)44/h5-6,9-10,18-20,22,24-25,31,43-44H,7-8,11-17,21H2,1-4H3,(H2,35,39)(H,37,45)/t22-,25-,31-/m1/s1. The molecule has 46 heavy (non-hydrogen) atoms. The molecule has 2 fully saturated rings. The lowest BCUT2D eigenvalue weighted by Crippen LogP contribution is -2.55. The first-order valence-corrected chi connectivity index (χ1v) is 16.4. The number of benzene rings is 1. The third kappa shape index (κ3) is 7.84. The lowest BCUT2D eigenvalue weighted by atomic mass is 9.85. The summed E-state index contributed by atoms with van der Waals surface area (Å²) in [4.78, 5) is 30.3. The van der Waals surface area contributed by atoms with Crippen LogP contribution in [0.15, 0.2) is 42.7 Å². The van der Waals surface area contributed by atoms with Crippen LogP contribution in [0.5, 0.6) is 5.75 Å². The van der Waals surface area contributed by atoms with E-state index < -0.39 is 17.6 Å². The number of nitrogens with one attached hydrogen (secondary N) is 1. The van der Waals surface area contributed by atoms with Gasteiger partial charge in [-0.1, -0.05) is 32.9 Å². The number of hydrogen-bond donors (Lipinski definition) is 4. The second-order valence-electron chi connectivity index (χ2n) is 13.9. The van der Waals surface area contributed by atoms with Crippen molar-refractivity contribution in [2.45, 2.75) is 90.4 Å². The Hall–Kier alpha value is -4.03. The van der Waals surface area contributed by atoms with E-state index in [1.165, 1.54) is 0 Å². The summed E-state index contributed by atoms with van der Waals surface area (Å²) < 4.78 is 2.01. The molecule has 0 aliphatic carbocycles. The molecule has 0 saturated carbocycles. The van der Waals surface area contributed by atoms with E-state index in [2.05, 4.69) is 25.5 Å². The Morgan fingerprint density at radius 2 is 1.85 bits per heavy atom. The van der Waals surface area contributed by atoms with Gasteiger partial charge in [0.2, 0.25) is 11.8 Å². The fourth-order valence-electron chi connectivity index (χ4n) is 6.52. The molecule has 3 aromatic rings. The number of aliphatic hydroxyl groups excluding tert-OH is 1. The van der Waals surface area contributed by atoms with Crippen LogP contribution < -0.4 is 11.1 Å². The van der Waals surface area contributed by atoms with Crippen LogP contribution in [0.4, 0.5) is 5.82 Å². The molecule has 0 bridgehead atoms. The maximum Gasteiger partial charge on any atom is 0.246 e. The minimum Gasteiger partial charge on any atom is -0.507 e. The number of phenolic OH excluding ortho intramolecular Hbond substituents is 1. The maximum atomic E-state index is 13.3. The van der Waals surface area contributed by atoms with E-state index in [1.54, 1.807) is 29.3 Å². The molecule has 3 atom stereocenters. The quantitative estimate of drug-likeness (QED) is 0.245. The zero-order chi connectivity index (χ0) is 33.0. The number of amides is 2. The summed E-state index contributed by atoms with van der Waals surface area (Å²) in [7, 11) is 0. The fraction of sp³-hybridized carbons (Fsp3) is 0.559. The second-order valence-corrected chi connectivity index (χ2v) is 13.9. The molecule has 2 aliphatic heterocycles. The van der Waals surface area contributed by atoms with Gasteiger partial charge in [-0.15, -0.1) is 10.2 Å². The highest BCUT2D eigenvalue weighted by atomic mass is 16.3. The molecule has 0 radical (unpaired) electrons. The number of nitrogen functional groups attached to an aromatic ring is 1. The molecule has 12 nitrogen and oxygen atoms in total. The van der Waals surface area contributed by atoms with Crippen LogP contribution in [0.3, 0.4) is 0 Å². The molecule has 2 saturated heterocycles. The molecule has 2 amide bonds. The van der Waals surface area contributed by atoms with E-state index in [4.69, 9.17) is 5.73 Å². The predicted octanol–water partition coefficient (Wildman–Crippen LogP) is 3.61. The van der Waals surface area contributed by atoms with Crippen molar-refractivity contribution in [2.75, 3.05) is 31.9 Å². The number of phenols is 1. The maximum absolute atomic E-state index is 13.3. The van der Waals surface area contributed by atoms with E-state index in [9.17, 15) is 19.8 Å². The van der Waals surface area contributed by atoms with Gasteiger partial charge in [-0.05, 0) is 69.2 Å². The van der Waals surface area contributed by atoms with E-state index >= 15 is 0 Å². The largest absolute Gasteiger partial charge is 0.507 e. The van der Waals surface area contributed by atoms with Crippen molar-refractivity contribution in [3.63, 3.8) is 0 Å². The van der Waals surface area contributed by atoms with Gasteiger partial charge < -0.3 is 31.1 Å². The molecule has 0 unspecified atom stereocenters. The molecule has 5 rings (SSSR count). The van der Waals surface area contributed by atoms with Gasteiger partial charge in [-0.25, -0.2) is 0 Å². The highest BCUT2D eigenvalue weighted by molar-refractivity contribution is 5.88. The number of nitrogens with zero attached hydrogens (tertiary/aromatic N) is 6. The number of para-hydroxylation sites is 1. The third-order valence-electron chi connectivity index (χ3n) is 9.23. The van der Waals surface area contributed by atoms with Crippen LogP contribution in [0.25, 0.3) is 22.4 Å². The molecular weight excluding hydrogens is 584 g/mol. The van der Waals surface area contributed by atoms with E-state index in [1.807, 2.05) is 50.7 Å². The van der Waals surface area contributed by atoms with Gasteiger partial charge in [0.25, 0.3) is 0 Å². The summed E-state index contributed by atoms with van der Waals surface area (Å²) in [6.07, 6.45) is 7.83. The van der Waals surface area contributed by atoms with Gasteiger partial charge in [0.1, 0.15) is 11.8 Å². The van der Waals surface area contributed by atoms with Crippen molar-refractivity contribution < 1.29 is 19.8 Å². The number of β-amino-alcohol motifs (C(OH)–C–C–N with tert-alkyl or cyclic N) is 1. The number of likely N-dealkylation sites (tertiary alicyclic amines) is 2. The number of anilines is 1. The monoisotopic (exact) mass is 632 g/mol. The summed E-state index contributed by atoms with van der Waals surface area (Å²) in [5.41, 5.74) is 8.46. The van der Waals surface area contributed by atoms with Gasteiger partial charge in [0.05, 0.1) is 24.0 Å². The Balaban J connectivity index is 1.07. The number of aromatic hydroxyl groups is 1. The molecule has 4 heterocycles. The lowest BCUT2D eigenvalue weighted by Gasteiger charge is -2.35. The van der Waals surface area contributed by atoms with Crippen molar-refractivity contribution in [3.8, 4) is 28.1 Å². The second kappa shape index (κ2) is 14.2. The first-order valence-electron chi connectivity index (χ1n) is 16.4. The van der Waals surface area contributed by atoms with Crippen molar-refractivity contribution in [2.24, 2.45) is 5.41 Å². The Morgan fingerprint density at radius 3 is 2.52 bits per heavy atom. The average Bonchev–Trinajstić information content (AvgIpc) is 3.64. The Kier molecular flexibility index (Phi) is 10.3. The van der Waals surface area contributed by atoms with Crippen LogP contribution >= 0.6 is 0 Å². The number of piperidine rings is 1. The van der Waals surface area contributed by atoms with Gasteiger partial charge in [0.15, 0.2) is 5.82 Å². The molecule has 2 aliphatic rings. The van der Waals surface area contributed by atoms with Crippen molar-refractivity contribution >= 4 is 17.6 Å². The average molecular weight is 633 g/mol. The lowest BCUT2D eigenvalue weighted by molar-refractivity contribution is -0.140. The molecule has 2 aromatic heterocycles. The van der Waals surface area contributed by atoms with Gasteiger partial charge in [0, 0.05) is 55.0 Å². The summed E-state index contributed by atoms with van der Waals surface area (Å²) in [6, 6.07) is 8.45. The predicted molar refractivity (Wildman–Crippen MR) is 177 cm³/mol. The first kappa shape index (κ1) is 33.3. The zero-order valence-electron chi connectivity index (χ0n) is 27.4. The SMILES string of the molecule is C[C@@H]1C[C@@H](O)CN1C(=O)[C@@H](NC(=O)CCCCN1CCC(n2cc(-c3cc(-c4ccccc4O)nnc3N)cn2)CC1)C(C)(C)C. The topological polar surface area (TPSA) is 163 Å². The molecule has 5 N–H and O–H groups in total. The number of carbonyl (C=O) groups excluding carboxylic acids is 2. The van der Waals surface area contributed by atoms with Crippen LogP contribution in [0.2, 0.25) is 0 Å². The normalized spacial score (nSPS) is 20.2. The van der Waals surface area contributed by atoms with Gasteiger partial charge in [-0.2, -0.15) is 5.10 Å². The van der Waals surface area contributed by atoms with Gasteiger partial charge in [-0.3, -0.25) is 14.3 Å². The van der Waals surface area contributed by atoms with E-state index in [0.717, 1.165) is 56.4 Å². The molecule has 0 spiro atoms. The summed E-state index contributed by atoms with van der Waals surface area (Å²) in [5.74, 6) is 0.222. The zero-order valence-corrected chi connectivity index (χ0v) is 27.4. The highest BCUT2D eigenvalue weighted by Crippen LogP contribution is 2.33. The number of unbranched alkanes of at least 4 members (excludes halogenated alkanes) is 1. The number of aliphatic hydroxyl groups is 1. The summed E-state index contributed by atoms with van der Waals surface area (Å²) >= 11 is 0. The van der Waals surface area contributed by atoms with Crippen molar-refractivity contribution in [3.05, 3.63) is 42.7 Å². The Labute approximate surface area is 271 Å². The third-order valence-corrected chi connectivity index (χ3v) is 9.23. The van der Waals surface area contributed by atoms with E-state index in [-0.39, 0.29) is 29.6 Å². The smallest absolute Gasteiger partial charge is 0.246 e. The Bertz CT molecular complexity index is 1510. The number of carbonyl (C=O) groups is 2. The van der Waals surface area contributed by atoms with Crippen LogP contribution in [-0.4, -0.2) is 96.2 Å². The minimum atomic E-state index is -0.625. The van der Waals surface area contributed by atoms with Crippen LogP contribution in [0, 0.1) is 5.41 Å². The van der Waals surface area contributed by atoms with Gasteiger partial charge >= 0.3 is 0 Å². The number of hydrogen-bond acceptors (Lipinski definition) is 9. The van der Waals surface area contributed by atoms with Crippen molar-refractivity contribution in [1.29, 1.82) is 0 Å². The summed E-state index contributed by atoms with van der Waals surface area (Å²) in [5, 5.41) is 36.2. The number of aromatic nitrogens is 4. The molecular formula is C34H48N8O4. The summed E-state index contributed by atoms with van der Waals surface area (Å²) in [6.45, 7) is 11.0. The molecule has 248 valence electrons.